The Bertz CT molecular complexity index is 723. The smallest absolute Gasteiger partial charge is 0.413 e. The van der Waals surface area contributed by atoms with Crippen LogP contribution in [0.15, 0.2) is 24.3 Å². The Balaban J connectivity index is 1.91. The topological polar surface area (TPSA) is 102 Å². The highest BCUT2D eigenvalue weighted by Gasteiger charge is 2.36. The van der Waals surface area contributed by atoms with Crippen molar-refractivity contribution < 1.29 is 28.7 Å². The molecule has 0 spiro atoms. The van der Waals surface area contributed by atoms with E-state index in [0.29, 0.717) is 11.6 Å². The summed E-state index contributed by atoms with van der Waals surface area (Å²) in [6.07, 6.45) is -2.14. The second-order valence-electron chi connectivity index (χ2n) is 5.83. The number of methoxy groups -OCH3 is 1. The zero-order valence-electron chi connectivity index (χ0n) is 14.4. The number of imide groups is 1. The molecule has 1 aliphatic heterocycles. The minimum Gasteiger partial charge on any atom is -0.453 e. The van der Waals surface area contributed by atoms with Gasteiger partial charge in [-0.2, -0.15) is 0 Å². The number of hydrogen-bond acceptors (Lipinski definition) is 6. The normalized spacial score (nSPS) is 17.6. The Morgan fingerprint density at radius 1 is 1.35 bits per heavy atom. The van der Waals surface area contributed by atoms with Gasteiger partial charge in [-0.15, -0.1) is 0 Å². The molecule has 1 aliphatic rings. The fourth-order valence-electron chi connectivity index (χ4n) is 2.49. The number of ether oxygens (including phenoxy) is 2. The fourth-order valence-corrected chi connectivity index (χ4v) is 2.69. The van der Waals surface area contributed by atoms with E-state index >= 15 is 0 Å². The van der Waals surface area contributed by atoms with Gasteiger partial charge in [-0.05, 0) is 18.6 Å². The molecular weight excluding hydrogens is 364 g/mol. The summed E-state index contributed by atoms with van der Waals surface area (Å²) in [7, 11) is 1.11. The summed E-state index contributed by atoms with van der Waals surface area (Å²) in [5.74, 6) is -2.35. The number of halogens is 1. The van der Waals surface area contributed by atoms with Crippen LogP contribution in [0.3, 0.4) is 0 Å². The van der Waals surface area contributed by atoms with Crippen molar-refractivity contribution >= 4 is 35.5 Å². The number of alkyl carbamates (subject to hydrolysis) is 1. The molecule has 0 aliphatic carbocycles. The molecule has 26 heavy (non-hydrogen) atoms. The average molecular weight is 383 g/mol. The first kappa shape index (κ1) is 19.7. The zero-order valence-corrected chi connectivity index (χ0v) is 15.1. The lowest BCUT2D eigenvalue weighted by atomic mass is 10.1. The molecule has 1 saturated heterocycles. The standard InChI is InChI=1S/C17H19ClN2O6/c1-10(15(22)19-17(24)25-2)26-16(23)12-7-14(21)20(9-12)8-11-5-3-4-6-13(11)18/h3-6,10,12H,7-9H2,1-2H3,(H,19,22,24)/t10-,12+/m1/s1. The van der Waals surface area contributed by atoms with E-state index in [1.165, 1.54) is 11.8 Å². The molecule has 0 radical (unpaired) electrons. The maximum atomic E-state index is 12.2. The molecule has 140 valence electrons. The number of benzene rings is 1. The third-order valence-electron chi connectivity index (χ3n) is 3.94. The lowest BCUT2D eigenvalue weighted by Crippen LogP contribution is -2.40. The van der Waals surface area contributed by atoms with E-state index < -0.39 is 30.0 Å². The monoisotopic (exact) mass is 382 g/mol. The van der Waals surface area contributed by atoms with Crippen molar-refractivity contribution in [2.24, 2.45) is 5.92 Å². The van der Waals surface area contributed by atoms with E-state index in [-0.39, 0.29) is 18.9 Å². The molecule has 1 aromatic carbocycles. The molecule has 8 nitrogen and oxygen atoms in total. The highest BCUT2D eigenvalue weighted by Crippen LogP contribution is 2.24. The van der Waals surface area contributed by atoms with Crippen LogP contribution in [-0.2, 0) is 30.4 Å². The fraction of sp³-hybridized carbons (Fsp3) is 0.412. The third-order valence-corrected chi connectivity index (χ3v) is 4.31. The van der Waals surface area contributed by atoms with E-state index in [1.54, 1.807) is 18.2 Å². The van der Waals surface area contributed by atoms with Crippen molar-refractivity contribution in [2.75, 3.05) is 13.7 Å². The van der Waals surface area contributed by atoms with Gasteiger partial charge in [0.05, 0.1) is 13.0 Å². The first-order chi connectivity index (χ1) is 12.3. The van der Waals surface area contributed by atoms with Gasteiger partial charge in [0, 0.05) is 24.5 Å². The van der Waals surface area contributed by atoms with E-state index in [1.807, 2.05) is 11.4 Å². The van der Waals surface area contributed by atoms with Crippen LogP contribution in [0, 0.1) is 5.92 Å². The van der Waals surface area contributed by atoms with E-state index in [2.05, 4.69) is 4.74 Å². The van der Waals surface area contributed by atoms with Gasteiger partial charge in [0.1, 0.15) is 0 Å². The number of carbonyl (C=O) groups is 4. The summed E-state index contributed by atoms with van der Waals surface area (Å²) >= 11 is 6.09. The predicted molar refractivity (Wildman–Crippen MR) is 91.1 cm³/mol. The van der Waals surface area contributed by atoms with E-state index in [0.717, 1.165) is 12.7 Å². The highest BCUT2D eigenvalue weighted by molar-refractivity contribution is 6.31. The number of nitrogens with zero attached hydrogens (tertiary/aromatic N) is 1. The van der Waals surface area contributed by atoms with Crippen LogP contribution in [0.4, 0.5) is 4.79 Å². The second kappa shape index (κ2) is 8.66. The van der Waals surface area contributed by atoms with Gasteiger partial charge in [0.15, 0.2) is 6.10 Å². The van der Waals surface area contributed by atoms with E-state index in [4.69, 9.17) is 16.3 Å². The van der Waals surface area contributed by atoms with Gasteiger partial charge in [0.25, 0.3) is 5.91 Å². The molecule has 1 heterocycles. The number of likely N-dealkylation sites (tertiary alicyclic amines) is 1. The van der Waals surface area contributed by atoms with Crippen LogP contribution in [0.5, 0.6) is 0 Å². The summed E-state index contributed by atoms with van der Waals surface area (Å²) in [6.45, 7) is 1.79. The third kappa shape index (κ3) is 4.95. The predicted octanol–water partition coefficient (Wildman–Crippen LogP) is 1.50. The van der Waals surface area contributed by atoms with Crippen molar-refractivity contribution in [2.45, 2.75) is 26.0 Å². The molecule has 2 rings (SSSR count). The quantitative estimate of drug-likeness (QED) is 0.774. The molecule has 2 atom stereocenters. The first-order valence-corrected chi connectivity index (χ1v) is 8.30. The summed E-state index contributed by atoms with van der Waals surface area (Å²) in [5, 5.41) is 2.45. The van der Waals surface area contributed by atoms with Crippen LogP contribution in [-0.4, -0.2) is 48.5 Å². The maximum Gasteiger partial charge on any atom is 0.413 e. The van der Waals surface area contributed by atoms with Crippen LogP contribution < -0.4 is 5.32 Å². The van der Waals surface area contributed by atoms with Crippen molar-refractivity contribution in [3.05, 3.63) is 34.9 Å². The lowest BCUT2D eigenvalue weighted by Gasteiger charge is -2.18. The summed E-state index contributed by atoms with van der Waals surface area (Å²) in [4.78, 5) is 48.6. The SMILES string of the molecule is COC(=O)NC(=O)[C@@H](C)OC(=O)[C@H]1CC(=O)N(Cc2ccccc2Cl)C1. The first-order valence-electron chi connectivity index (χ1n) is 7.92. The number of hydrogen-bond donors (Lipinski definition) is 1. The van der Waals surface area contributed by atoms with Crippen LogP contribution >= 0.6 is 11.6 Å². The van der Waals surface area contributed by atoms with Gasteiger partial charge in [-0.25, -0.2) is 4.79 Å². The van der Waals surface area contributed by atoms with Crippen molar-refractivity contribution in [3.8, 4) is 0 Å². The van der Waals surface area contributed by atoms with Crippen LogP contribution in [0.2, 0.25) is 5.02 Å². The molecule has 0 saturated carbocycles. The Kier molecular flexibility index (Phi) is 6.57. The number of carbonyl (C=O) groups excluding carboxylic acids is 4. The Morgan fingerprint density at radius 2 is 2.04 bits per heavy atom. The molecule has 1 fully saturated rings. The van der Waals surface area contributed by atoms with Crippen molar-refractivity contribution in [1.29, 1.82) is 0 Å². The zero-order chi connectivity index (χ0) is 19.3. The van der Waals surface area contributed by atoms with Crippen LogP contribution in [0.25, 0.3) is 0 Å². The van der Waals surface area contributed by atoms with Gasteiger partial charge >= 0.3 is 12.1 Å². The number of nitrogens with one attached hydrogen (secondary N) is 1. The summed E-state index contributed by atoms with van der Waals surface area (Å²) in [5.41, 5.74) is 0.780. The molecule has 3 amide bonds. The van der Waals surface area contributed by atoms with Gasteiger partial charge in [-0.3, -0.25) is 19.7 Å². The molecule has 0 unspecified atom stereocenters. The van der Waals surface area contributed by atoms with E-state index in [9.17, 15) is 19.2 Å². The minimum absolute atomic E-state index is 0.00533. The van der Waals surface area contributed by atoms with Gasteiger partial charge in [0.2, 0.25) is 5.91 Å². The Labute approximate surface area is 155 Å². The molecule has 9 heteroatoms. The lowest BCUT2D eigenvalue weighted by molar-refractivity contribution is -0.158. The van der Waals surface area contributed by atoms with Crippen LogP contribution in [0.1, 0.15) is 18.9 Å². The molecule has 0 bridgehead atoms. The number of esters is 1. The average Bonchev–Trinajstić information content (AvgIpc) is 2.97. The van der Waals surface area contributed by atoms with Gasteiger partial charge in [-0.1, -0.05) is 29.8 Å². The maximum absolute atomic E-state index is 12.2. The summed E-state index contributed by atoms with van der Waals surface area (Å²) < 4.78 is 9.35. The van der Waals surface area contributed by atoms with Gasteiger partial charge < -0.3 is 14.4 Å². The Hall–Kier alpha value is -2.61. The number of amides is 3. The van der Waals surface area contributed by atoms with Crippen molar-refractivity contribution in [3.63, 3.8) is 0 Å². The molecule has 1 N–H and O–H groups in total. The summed E-state index contributed by atoms with van der Waals surface area (Å²) in [6, 6.07) is 7.14. The highest BCUT2D eigenvalue weighted by atomic mass is 35.5. The molecular formula is C17H19ClN2O6. The second-order valence-corrected chi connectivity index (χ2v) is 6.23. The largest absolute Gasteiger partial charge is 0.453 e. The molecule has 1 aromatic rings. The van der Waals surface area contributed by atoms with Crippen molar-refractivity contribution in [1.82, 2.24) is 10.2 Å². The minimum atomic E-state index is -1.19. The molecule has 0 aromatic heterocycles. The Morgan fingerprint density at radius 3 is 2.69 bits per heavy atom. The number of rotatable bonds is 5.